The molecule has 88 valence electrons. The minimum atomic E-state index is -0.816. The van der Waals surface area contributed by atoms with Gasteiger partial charge in [-0.1, -0.05) is 19.3 Å². The van der Waals surface area contributed by atoms with Crippen LogP contribution in [0.2, 0.25) is 0 Å². The third-order valence-electron chi connectivity index (χ3n) is 2.97. The van der Waals surface area contributed by atoms with Gasteiger partial charge in [0.1, 0.15) is 4.88 Å². The van der Waals surface area contributed by atoms with Gasteiger partial charge in [-0.05, 0) is 25.0 Å². The van der Waals surface area contributed by atoms with E-state index in [1.165, 1.54) is 43.4 Å². The van der Waals surface area contributed by atoms with Gasteiger partial charge in [0, 0.05) is 13.1 Å². The zero-order valence-corrected chi connectivity index (χ0v) is 10.1. The topological polar surface area (TPSA) is 40.5 Å². The summed E-state index contributed by atoms with van der Waals surface area (Å²) in [5.74, 6) is -0.816. The van der Waals surface area contributed by atoms with Crippen molar-refractivity contribution >= 4 is 22.3 Å². The molecule has 0 aromatic carbocycles. The van der Waals surface area contributed by atoms with E-state index in [0.29, 0.717) is 4.88 Å². The molecule has 3 nitrogen and oxygen atoms in total. The van der Waals surface area contributed by atoms with Gasteiger partial charge in [0.05, 0.1) is 5.00 Å². The van der Waals surface area contributed by atoms with Gasteiger partial charge in [-0.25, -0.2) is 4.79 Å². The molecule has 0 saturated carbocycles. The molecule has 0 radical (unpaired) electrons. The molecule has 0 aliphatic carbocycles. The smallest absolute Gasteiger partial charge is 0.345 e. The number of rotatable bonds is 2. The SMILES string of the molecule is O=C(O)c1ccc(N2CCCCCCC2)s1. The number of carboxylic acid groups (broad SMARTS) is 1. The summed E-state index contributed by atoms with van der Waals surface area (Å²) >= 11 is 1.39. The second-order valence-electron chi connectivity index (χ2n) is 4.20. The van der Waals surface area contributed by atoms with Crippen LogP contribution < -0.4 is 4.90 Å². The molecule has 1 fully saturated rings. The molecule has 1 aliphatic heterocycles. The van der Waals surface area contributed by atoms with Gasteiger partial charge in [0.15, 0.2) is 0 Å². The van der Waals surface area contributed by atoms with E-state index in [0.717, 1.165) is 18.1 Å². The summed E-state index contributed by atoms with van der Waals surface area (Å²) in [6.45, 7) is 2.14. The molecule has 0 bridgehead atoms. The highest BCUT2D eigenvalue weighted by atomic mass is 32.1. The van der Waals surface area contributed by atoms with E-state index in [2.05, 4.69) is 4.90 Å². The van der Waals surface area contributed by atoms with Gasteiger partial charge in [0.2, 0.25) is 0 Å². The van der Waals surface area contributed by atoms with Crippen molar-refractivity contribution in [1.29, 1.82) is 0 Å². The highest BCUT2D eigenvalue weighted by Gasteiger charge is 2.13. The first-order chi connectivity index (χ1) is 7.77. The van der Waals surface area contributed by atoms with Crippen molar-refractivity contribution in [2.75, 3.05) is 18.0 Å². The van der Waals surface area contributed by atoms with Crippen LogP contribution in [-0.4, -0.2) is 24.2 Å². The second kappa shape index (κ2) is 5.34. The maximum Gasteiger partial charge on any atom is 0.345 e. The van der Waals surface area contributed by atoms with Crippen LogP contribution in [0.1, 0.15) is 41.8 Å². The predicted octanol–water partition coefficient (Wildman–Crippen LogP) is 3.22. The number of hydrogen-bond donors (Lipinski definition) is 1. The Morgan fingerprint density at radius 3 is 2.31 bits per heavy atom. The third-order valence-corrected chi connectivity index (χ3v) is 4.10. The maximum atomic E-state index is 10.8. The van der Waals surface area contributed by atoms with Crippen LogP contribution in [0, 0.1) is 0 Å². The Kier molecular flexibility index (Phi) is 3.83. The number of anilines is 1. The summed E-state index contributed by atoms with van der Waals surface area (Å²) in [7, 11) is 0. The van der Waals surface area contributed by atoms with E-state index in [-0.39, 0.29) is 0 Å². The summed E-state index contributed by atoms with van der Waals surface area (Å²) in [4.78, 5) is 13.6. The van der Waals surface area contributed by atoms with E-state index in [1.54, 1.807) is 6.07 Å². The van der Waals surface area contributed by atoms with E-state index >= 15 is 0 Å². The van der Waals surface area contributed by atoms with Gasteiger partial charge < -0.3 is 10.0 Å². The average Bonchev–Trinajstić information content (AvgIpc) is 2.66. The fourth-order valence-corrected chi connectivity index (χ4v) is 2.98. The molecule has 0 spiro atoms. The Morgan fingerprint density at radius 2 is 1.75 bits per heavy atom. The molecule has 2 heterocycles. The Balaban J connectivity index is 2.05. The summed E-state index contributed by atoms with van der Waals surface area (Å²) < 4.78 is 0. The highest BCUT2D eigenvalue weighted by molar-refractivity contribution is 7.17. The van der Waals surface area contributed by atoms with E-state index < -0.39 is 5.97 Å². The molecule has 1 aromatic heterocycles. The third kappa shape index (κ3) is 2.76. The number of thiophene rings is 1. The molecular weight excluding hydrogens is 222 g/mol. The van der Waals surface area contributed by atoms with Crippen molar-refractivity contribution < 1.29 is 9.90 Å². The summed E-state index contributed by atoms with van der Waals surface area (Å²) in [6, 6.07) is 3.65. The molecule has 1 N–H and O–H groups in total. The van der Waals surface area contributed by atoms with Crippen molar-refractivity contribution in [1.82, 2.24) is 0 Å². The lowest BCUT2D eigenvalue weighted by Gasteiger charge is -2.25. The first-order valence-corrected chi connectivity index (χ1v) is 6.67. The molecule has 0 amide bonds. The standard InChI is InChI=1S/C12H17NO2S/c14-12(15)10-6-7-11(16-10)13-8-4-2-1-3-5-9-13/h6-7H,1-5,8-9H2,(H,14,15). The fraction of sp³-hybridized carbons (Fsp3) is 0.583. The predicted molar refractivity (Wildman–Crippen MR) is 66.6 cm³/mol. The van der Waals surface area contributed by atoms with Crippen molar-refractivity contribution in [3.63, 3.8) is 0 Å². The summed E-state index contributed by atoms with van der Waals surface area (Å²) in [5, 5.41) is 10.00. The Morgan fingerprint density at radius 1 is 1.12 bits per heavy atom. The first kappa shape index (κ1) is 11.5. The summed E-state index contributed by atoms with van der Waals surface area (Å²) in [6.07, 6.45) is 6.39. The van der Waals surface area contributed by atoms with Crippen LogP contribution in [0.15, 0.2) is 12.1 Å². The average molecular weight is 239 g/mol. The van der Waals surface area contributed by atoms with E-state index in [4.69, 9.17) is 5.11 Å². The fourth-order valence-electron chi connectivity index (χ4n) is 2.08. The number of nitrogens with zero attached hydrogens (tertiary/aromatic N) is 1. The largest absolute Gasteiger partial charge is 0.477 e. The second-order valence-corrected chi connectivity index (χ2v) is 5.26. The number of aromatic carboxylic acids is 1. The van der Waals surface area contributed by atoms with Crippen LogP contribution in [-0.2, 0) is 0 Å². The Bertz CT molecular complexity index is 354. The van der Waals surface area contributed by atoms with Crippen LogP contribution in [0.5, 0.6) is 0 Å². The van der Waals surface area contributed by atoms with Crippen LogP contribution in [0.3, 0.4) is 0 Å². The van der Waals surface area contributed by atoms with Crippen molar-refractivity contribution in [2.45, 2.75) is 32.1 Å². The first-order valence-electron chi connectivity index (χ1n) is 5.85. The molecule has 1 aliphatic rings. The lowest BCUT2D eigenvalue weighted by atomic mass is 10.1. The minimum Gasteiger partial charge on any atom is -0.477 e. The Labute approximate surface area is 99.7 Å². The van der Waals surface area contributed by atoms with Crippen LogP contribution in [0.4, 0.5) is 5.00 Å². The zero-order valence-electron chi connectivity index (χ0n) is 9.32. The van der Waals surface area contributed by atoms with Gasteiger partial charge in [-0.15, -0.1) is 11.3 Å². The number of carbonyl (C=O) groups is 1. The molecule has 4 heteroatoms. The number of carboxylic acids is 1. The normalized spacial score (nSPS) is 17.9. The van der Waals surface area contributed by atoms with E-state index in [9.17, 15) is 4.79 Å². The van der Waals surface area contributed by atoms with Crippen LogP contribution in [0.25, 0.3) is 0 Å². The molecular formula is C12H17NO2S. The van der Waals surface area contributed by atoms with Crippen molar-refractivity contribution in [3.05, 3.63) is 17.0 Å². The van der Waals surface area contributed by atoms with Crippen molar-refractivity contribution in [3.8, 4) is 0 Å². The molecule has 1 saturated heterocycles. The molecule has 1 aromatic rings. The van der Waals surface area contributed by atoms with Gasteiger partial charge >= 0.3 is 5.97 Å². The lowest BCUT2D eigenvalue weighted by molar-refractivity contribution is 0.0702. The number of hydrogen-bond acceptors (Lipinski definition) is 3. The molecule has 0 unspecified atom stereocenters. The molecule has 16 heavy (non-hydrogen) atoms. The van der Waals surface area contributed by atoms with E-state index in [1.807, 2.05) is 6.07 Å². The van der Waals surface area contributed by atoms with Gasteiger partial charge in [-0.2, -0.15) is 0 Å². The quantitative estimate of drug-likeness (QED) is 0.861. The monoisotopic (exact) mass is 239 g/mol. The Hall–Kier alpha value is -1.03. The minimum absolute atomic E-state index is 0.442. The lowest BCUT2D eigenvalue weighted by Crippen LogP contribution is -2.25. The van der Waals surface area contributed by atoms with Gasteiger partial charge in [0.25, 0.3) is 0 Å². The van der Waals surface area contributed by atoms with Crippen molar-refractivity contribution in [2.24, 2.45) is 0 Å². The molecule has 0 atom stereocenters. The van der Waals surface area contributed by atoms with Crippen LogP contribution >= 0.6 is 11.3 Å². The highest BCUT2D eigenvalue weighted by Crippen LogP contribution is 2.27. The summed E-state index contributed by atoms with van der Waals surface area (Å²) in [5.41, 5.74) is 0. The molecule has 2 rings (SSSR count). The zero-order chi connectivity index (χ0) is 11.4. The maximum absolute atomic E-state index is 10.8. The van der Waals surface area contributed by atoms with Gasteiger partial charge in [-0.3, -0.25) is 0 Å².